The summed E-state index contributed by atoms with van der Waals surface area (Å²) in [4.78, 5) is 2.19. The van der Waals surface area contributed by atoms with Gasteiger partial charge in [-0.1, -0.05) is 38.1 Å². The number of allylic oxidation sites excluding steroid dienone is 4. The van der Waals surface area contributed by atoms with E-state index >= 15 is 0 Å². The molecule has 86 valence electrons. The zero-order valence-corrected chi connectivity index (χ0v) is 10.4. The van der Waals surface area contributed by atoms with Gasteiger partial charge in [-0.15, -0.1) is 0 Å². The fourth-order valence-corrected chi connectivity index (χ4v) is 2.48. The maximum Gasteiger partial charge on any atom is 0.0912 e. The van der Waals surface area contributed by atoms with Gasteiger partial charge in [0.2, 0.25) is 0 Å². The van der Waals surface area contributed by atoms with E-state index in [1.807, 2.05) is 12.1 Å². The molecule has 17 heavy (non-hydrogen) atoms. The van der Waals surface area contributed by atoms with Crippen LogP contribution in [0.2, 0.25) is 0 Å². The topological polar surface area (TPSA) is 27.0 Å². The van der Waals surface area contributed by atoms with Crippen LogP contribution in [0.3, 0.4) is 0 Å². The van der Waals surface area contributed by atoms with Gasteiger partial charge in [-0.25, -0.2) is 0 Å². The number of rotatable bonds is 1. The highest BCUT2D eigenvalue weighted by Crippen LogP contribution is 2.46. The highest BCUT2D eigenvalue weighted by Gasteiger charge is 2.37. The molecule has 1 aliphatic rings. The molecule has 0 N–H and O–H groups in total. The largest absolute Gasteiger partial charge is 0.347 e. The maximum atomic E-state index is 8.53. The molecule has 1 aromatic carbocycles. The molecule has 0 saturated carbocycles. The lowest BCUT2D eigenvalue weighted by atomic mass is 9.84. The lowest BCUT2D eigenvalue weighted by Gasteiger charge is -2.23. The summed E-state index contributed by atoms with van der Waals surface area (Å²) in [6, 6.07) is 10.4. The molecular formula is C15H16N2. The predicted octanol–water partition coefficient (Wildman–Crippen LogP) is 3.38. The van der Waals surface area contributed by atoms with Crippen molar-refractivity contribution in [2.24, 2.45) is 0 Å². The molecule has 0 radical (unpaired) electrons. The van der Waals surface area contributed by atoms with Crippen LogP contribution < -0.4 is 4.90 Å². The van der Waals surface area contributed by atoms with Crippen LogP contribution in [0.1, 0.15) is 19.4 Å². The first kappa shape index (κ1) is 11.5. The fourth-order valence-electron chi connectivity index (χ4n) is 2.48. The van der Waals surface area contributed by atoms with Gasteiger partial charge in [-0.2, -0.15) is 5.26 Å². The van der Waals surface area contributed by atoms with Crippen LogP contribution in [0.25, 0.3) is 0 Å². The zero-order valence-electron chi connectivity index (χ0n) is 10.4. The second-order valence-corrected chi connectivity index (χ2v) is 4.74. The van der Waals surface area contributed by atoms with Crippen LogP contribution in [-0.2, 0) is 5.41 Å². The molecule has 0 bridgehead atoms. The maximum absolute atomic E-state index is 8.53. The molecule has 0 aliphatic carbocycles. The Morgan fingerprint density at radius 2 is 2.00 bits per heavy atom. The van der Waals surface area contributed by atoms with Crippen molar-refractivity contribution < 1.29 is 0 Å². The van der Waals surface area contributed by atoms with Crippen LogP contribution in [0, 0.1) is 11.3 Å². The molecule has 0 aromatic heterocycles. The van der Waals surface area contributed by atoms with E-state index in [1.165, 1.54) is 23.0 Å². The first-order valence-electron chi connectivity index (χ1n) is 5.69. The second-order valence-electron chi connectivity index (χ2n) is 4.74. The van der Waals surface area contributed by atoms with Crippen molar-refractivity contribution in [2.45, 2.75) is 19.3 Å². The van der Waals surface area contributed by atoms with E-state index in [4.69, 9.17) is 5.26 Å². The van der Waals surface area contributed by atoms with E-state index in [0.29, 0.717) is 0 Å². The third kappa shape index (κ3) is 1.74. The average Bonchev–Trinajstić information content (AvgIpc) is 2.51. The molecule has 0 unspecified atom stereocenters. The predicted molar refractivity (Wildman–Crippen MR) is 70.7 cm³/mol. The Morgan fingerprint density at radius 1 is 1.29 bits per heavy atom. The summed E-state index contributed by atoms with van der Waals surface area (Å²) in [6.07, 6.45) is 5.32. The van der Waals surface area contributed by atoms with Gasteiger partial charge in [0.05, 0.1) is 6.07 Å². The lowest BCUT2D eigenvalue weighted by molar-refractivity contribution is 0.640. The van der Waals surface area contributed by atoms with E-state index in [0.717, 1.165) is 0 Å². The monoisotopic (exact) mass is 224 g/mol. The first-order chi connectivity index (χ1) is 8.09. The Morgan fingerprint density at radius 3 is 2.65 bits per heavy atom. The third-order valence-electron chi connectivity index (χ3n) is 3.37. The highest BCUT2D eigenvalue weighted by molar-refractivity contribution is 5.70. The number of nitrogens with zero attached hydrogens (tertiary/aromatic N) is 2. The third-order valence-corrected chi connectivity index (χ3v) is 3.37. The van der Waals surface area contributed by atoms with Gasteiger partial charge in [0.1, 0.15) is 0 Å². The van der Waals surface area contributed by atoms with Gasteiger partial charge in [-0.05, 0) is 17.7 Å². The summed E-state index contributed by atoms with van der Waals surface area (Å²) >= 11 is 0. The Kier molecular flexibility index (Phi) is 2.77. The summed E-state index contributed by atoms with van der Waals surface area (Å²) in [7, 11) is 2.07. The normalized spacial score (nSPS) is 19.6. The summed E-state index contributed by atoms with van der Waals surface area (Å²) in [5.41, 5.74) is 3.78. The number of nitriles is 1. The summed E-state index contributed by atoms with van der Waals surface area (Å²) in [5.74, 6) is 0. The van der Waals surface area contributed by atoms with Gasteiger partial charge < -0.3 is 4.90 Å². The van der Waals surface area contributed by atoms with E-state index < -0.39 is 0 Å². The van der Waals surface area contributed by atoms with Crippen molar-refractivity contribution in [3.8, 4) is 6.07 Å². The average molecular weight is 224 g/mol. The summed E-state index contributed by atoms with van der Waals surface area (Å²) < 4.78 is 0. The smallest absolute Gasteiger partial charge is 0.0912 e. The molecule has 0 fully saturated rings. The number of hydrogen-bond donors (Lipinski definition) is 0. The first-order valence-corrected chi connectivity index (χ1v) is 5.69. The molecule has 2 heteroatoms. The van der Waals surface area contributed by atoms with Crippen LogP contribution in [-0.4, -0.2) is 7.05 Å². The van der Waals surface area contributed by atoms with Crippen molar-refractivity contribution in [3.63, 3.8) is 0 Å². The van der Waals surface area contributed by atoms with E-state index in [-0.39, 0.29) is 5.41 Å². The number of para-hydroxylation sites is 1. The molecule has 0 atom stereocenters. The van der Waals surface area contributed by atoms with Gasteiger partial charge >= 0.3 is 0 Å². The van der Waals surface area contributed by atoms with E-state index in [9.17, 15) is 0 Å². The second kappa shape index (κ2) is 4.10. The molecule has 1 heterocycles. The minimum absolute atomic E-state index is 0.00879. The van der Waals surface area contributed by atoms with Crippen molar-refractivity contribution in [2.75, 3.05) is 11.9 Å². The van der Waals surface area contributed by atoms with Gasteiger partial charge in [0, 0.05) is 29.9 Å². The van der Waals surface area contributed by atoms with Crippen molar-refractivity contribution in [3.05, 3.63) is 53.8 Å². The summed E-state index contributed by atoms with van der Waals surface area (Å²) in [5, 5.41) is 8.53. The molecule has 2 nitrogen and oxygen atoms in total. The van der Waals surface area contributed by atoms with Crippen molar-refractivity contribution in [1.82, 2.24) is 0 Å². The quantitative estimate of drug-likeness (QED) is 0.684. The fraction of sp³-hybridized carbons (Fsp3) is 0.267. The van der Waals surface area contributed by atoms with Crippen molar-refractivity contribution >= 4 is 5.69 Å². The van der Waals surface area contributed by atoms with Gasteiger partial charge in [-0.3, -0.25) is 0 Å². The number of hydrogen-bond acceptors (Lipinski definition) is 2. The minimum Gasteiger partial charge on any atom is -0.347 e. The number of anilines is 1. The number of benzene rings is 1. The zero-order chi connectivity index (χ0) is 12.5. The SMILES string of the molecule is CN1C(=CC=CC#N)C(C)(C)c2ccccc21. The van der Waals surface area contributed by atoms with Crippen LogP contribution >= 0.6 is 0 Å². The molecule has 0 saturated heterocycles. The van der Waals surface area contributed by atoms with Crippen molar-refractivity contribution in [1.29, 1.82) is 5.26 Å². The Balaban J connectivity index is 2.51. The molecule has 0 amide bonds. The molecule has 2 rings (SSSR count). The highest BCUT2D eigenvalue weighted by atomic mass is 15.2. The molecular weight excluding hydrogens is 208 g/mol. The Hall–Kier alpha value is -2.01. The number of fused-ring (bicyclic) bond motifs is 1. The molecule has 1 aliphatic heterocycles. The number of likely N-dealkylation sites (N-methyl/N-ethyl adjacent to an activating group) is 1. The lowest BCUT2D eigenvalue weighted by Crippen LogP contribution is -2.22. The standard InChI is InChI=1S/C15H16N2/c1-15(2)12-8-4-5-9-13(12)17(3)14(15)10-6-7-11-16/h4-10H,1-3H3. The van der Waals surface area contributed by atoms with Crippen LogP contribution in [0.4, 0.5) is 5.69 Å². The van der Waals surface area contributed by atoms with Gasteiger partial charge in [0.15, 0.2) is 0 Å². The molecule has 1 aromatic rings. The van der Waals surface area contributed by atoms with Crippen LogP contribution in [0.5, 0.6) is 0 Å². The minimum atomic E-state index is -0.00879. The Labute approximate surface area is 102 Å². The van der Waals surface area contributed by atoms with E-state index in [1.54, 1.807) is 6.08 Å². The Bertz CT molecular complexity index is 530. The summed E-state index contributed by atoms with van der Waals surface area (Å²) in [6.45, 7) is 4.42. The van der Waals surface area contributed by atoms with Gasteiger partial charge in [0.25, 0.3) is 0 Å². The molecule has 0 spiro atoms. The van der Waals surface area contributed by atoms with Crippen LogP contribution in [0.15, 0.2) is 48.2 Å². The van der Waals surface area contributed by atoms with E-state index in [2.05, 4.69) is 50.1 Å².